The molecule has 28 heavy (non-hydrogen) atoms. The minimum Gasteiger partial charge on any atom is -0.469 e. The van der Waals surface area contributed by atoms with Gasteiger partial charge in [-0.2, -0.15) is 13.2 Å². The van der Waals surface area contributed by atoms with Gasteiger partial charge < -0.3 is 20.3 Å². The number of aromatic nitrogens is 2. The fourth-order valence-electron chi connectivity index (χ4n) is 2.85. The first-order chi connectivity index (χ1) is 13.3. The molecule has 0 atom stereocenters. The van der Waals surface area contributed by atoms with Gasteiger partial charge in [-0.25, -0.2) is 9.97 Å². The predicted octanol–water partition coefficient (Wildman–Crippen LogP) is 1.76. The number of piperidine rings is 1. The zero-order valence-electron chi connectivity index (χ0n) is 15.9. The number of hydrogen-bond donors (Lipinski definition) is 2. The number of carbonyl (C=O) groups is 1. The Hall–Kier alpha value is -2.59. The molecule has 1 aromatic heterocycles. The van der Waals surface area contributed by atoms with E-state index in [-0.39, 0.29) is 24.4 Å². The van der Waals surface area contributed by atoms with Gasteiger partial charge in [0.1, 0.15) is 5.69 Å². The van der Waals surface area contributed by atoms with Gasteiger partial charge in [0.15, 0.2) is 5.96 Å². The molecular weight excluding hydrogens is 377 g/mol. The number of halogens is 3. The van der Waals surface area contributed by atoms with E-state index in [1.165, 1.54) is 7.11 Å². The fourth-order valence-corrected chi connectivity index (χ4v) is 2.85. The van der Waals surface area contributed by atoms with Crippen molar-refractivity contribution in [2.75, 3.05) is 45.2 Å². The maximum atomic E-state index is 12.7. The summed E-state index contributed by atoms with van der Waals surface area (Å²) in [5.41, 5.74) is -0.990. The van der Waals surface area contributed by atoms with Crippen molar-refractivity contribution >= 4 is 17.9 Å². The van der Waals surface area contributed by atoms with Crippen LogP contribution in [0.25, 0.3) is 0 Å². The molecule has 2 rings (SSSR count). The number of nitrogens with zero attached hydrogens (tertiary/aromatic N) is 4. The van der Waals surface area contributed by atoms with E-state index in [9.17, 15) is 18.0 Å². The Bertz CT molecular complexity index is 675. The van der Waals surface area contributed by atoms with Crippen LogP contribution in [0.1, 0.15) is 25.5 Å². The van der Waals surface area contributed by atoms with Gasteiger partial charge in [0, 0.05) is 32.4 Å². The van der Waals surface area contributed by atoms with Gasteiger partial charge in [-0.1, -0.05) is 0 Å². The van der Waals surface area contributed by atoms with Crippen LogP contribution in [0.4, 0.5) is 19.1 Å². The third kappa shape index (κ3) is 6.24. The quantitative estimate of drug-likeness (QED) is 0.324. The van der Waals surface area contributed by atoms with Crippen molar-refractivity contribution in [3.8, 4) is 0 Å². The number of guanidine groups is 1. The number of esters is 1. The monoisotopic (exact) mass is 402 g/mol. The van der Waals surface area contributed by atoms with Crippen LogP contribution in [0.2, 0.25) is 0 Å². The number of aliphatic imine (C=N–C) groups is 1. The van der Waals surface area contributed by atoms with Crippen molar-refractivity contribution in [2.45, 2.75) is 25.9 Å². The highest BCUT2D eigenvalue weighted by atomic mass is 19.4. The second-order valence-electron chi connectivity index (χ2n) is 6.21. The molecular formula is C17H25F3N6O2. The van der Waals surface area contributed by atoms with Gasteiger partial charge in [-0.3, -0.25) is 9.79 Å². The van der Waals surface area contributed by atoms with Crippen molar-refractivity contribution in [1.82, 2.24) is 20.2 Å². The lowest BCUT2D eigenvalue weighted by Gasteiger charge is -2.33. The number of ether oxygens (including phenoxy) is 1. The second kappa shape index (κ2) is 10.1. The second-order valence-corrected chi connectivity index (χ2v) is 6.21. The highest BCUT2D eigenvalue weighted by molar-refractivity contribution is 5.80. The van der Waals surface area contributed by atoms with Gasteiger partial charge in [0.2, 0.25) is 5.95 Å². The van der Waals surface area contributed by atoms with Crippen molar-refractivity contribution in [3.63, 3.8) is 0 Å². The number of likely N-dealkylation sites (tertiary alicyclic amines) is 1. The van der Waals surface area contributed by atoms with E-state index in [0.717, 1.165) is 12.3 Å². The van der Waals surface area contributed by atoms with E-state index in [2.05, 4.69) is 30.5 Å². The molecule has 0 unspecified atom stereocenters. The zero-order valence-corrected chi connectivity index (χ0v) is 15.9. The van der Waals surface area contributed by atoms with E-state index >= 15 is 0 Å². The van der Waals surface area contributed by atoms with Gasteiger partial charge >= 0.3 is 12.1 Å². The first-order valence-corrected chi connectivity index (χ1v) is 9.10. The summed E-state index contributed by atoms with van der Waals surface area (Å²) in [6, 6.07) is 0.824. The lowest BCUT2D eigenvalue weighted by Crippen LogP contribution is -2.46. The Morgan fingerprint density at radius 1 is 1.39 bits per heavy atom. The molecule has 0 radical (unpaired) electrons. The minimum absolute atomic E-state index is 0.0890. The number of anilines is 1. The molecule has 0 amide bonds. The van der Waals surface area contributed by atoms with Crippen LogP contribution < -0.4 is 10.6 Å². The summed E-state index contributed by atoms with van der Waals surface area (Å²) in [6.45, 7) is 4.60. The molecule has 0 aliphatic carbocycles. The third-order valence-electron chi connectivity index (χ3n) is 4.27. The summed E-state index contributed by atoms with van der Waals surface area (Å²) < 4.78 is 42.8. The number of hydrogen-bond acceptors (Lipinski definition) is 6. The molecule has 2 N–H and O–H groups in total. The van der Waals surface area contributed by atoms with Gasteiger partial charge in [-0.15, -0.1) is 0 Å². The molecule has 156 valence electrons. The lowest BCUT2D eigenvalue weighted by atomic mass is 9.97. The summed E-state index contributed by atoms with van der Waals surface area (Å²) in [5.74, 6) is 0.335. The summed E-state index contributed by atoms with van der Waals surface area (Å²) >= 11 is 0. The molecule has 2 heterocycles. The van der Waals surface area contributed by atoms with Crippen molar-refractivity contribution in [2.24, 2.45) is 10.9 Å². The summed E-state index contributed by atoms with van der Waals surface area (Å²) in [4.78, 5) is 25.4. The number of carbonyl (C=O) groups excluding carboxylic acids is 1. The smallest absolute Gasteiger partial charge is 0.433 e. The Kier molecular flexibility index (Phi) is 7.82. The summed E-state index contributed by atoms with van der Waals surface area (Å²) in [6.07, 6.45) is -2.07. The highest BCUT2D eigenvalue weighted by Gasteiger charge is 2.32. The minimum atomic E-state index is -4.51. The normalized spacial score (nSPS) is 16.0. The van der Waals surface area contributed by atoms with E-state index in [1.807, 2.05) is 6.92 Å². The maximum absolute atomic E-state index is 12.7. The van der Waals surface area contributed by atoms with Gasteiger partial charge in [0.25, 0.3) is 0 Å². The topological polar surface area (TPSA) is 91.7 Å². The van der Waals surface area contributed by atoms with Crippen molar-refractivity contribution in [3.05, 3.63) is 18.0 Å². The van der Waals surface area contributed by atoms with Crippen molar-refractivity contribution in [1.29, 1.82) is 0 Å². The Morgan fingerprint density at radius 2 is 2.11 bits per heavy atom. The van der Waals surface area contributed by atoms with Gasteiger partial charge in [-0.05, 0) is 25.8 Å². The molecule has 0 aromatic carbocycles. The first-order valence-electron chi connectivity index (χ1n) is 9.10. The maximum Gasteiger partial charge on any atom is 0.433 e. The molecule has 1 aliphatic heterocycles. The number of alkyl halides is 3. The van der Waals surface area contributed by atoms with E-state index < -0.39 is 11.9 Å². The zero-order chi connectivity index (χ0) is 20.6. The SMILES string of the molecule is CCNC(=NCCNc1nccc(C(F)(F)F)n1)N1CCC(C(=O)OC)CC1. The van der Waals surface area contributed by atoms with Crippen molar-refractivity contribution < 1.29 is 22.7 Å². The molecule has 1 fully saturated rings. The van der Waals surface area contributed by atoms with E-state index in [1.54, 1.807) is 0 Å². The average molecular weight is 402 g/mol. The molecule has 11 heteroatoms. The van der Waals surface area contributed by atoms with Crippen LogP contribution in [-0.4, -0.2) is 66.6 Å². The first kappa shape index (κ1) is 21.7. The molecule has 0 bridgehead atoms. The molecule has 1 aliphatic rings. The standard InChI is InChI=1S/C17H25F3N6O2/c1-3-21-16(26-10-5-12(6-11-26)14(27)28-2)24-9-8-23-15-22-7-4-13(25-15)17(18,19)20/h4,7,12H,3,5-6,8-11H2,1-2H3,(H,21,24)(H,22,23,25). The van der Waals surface area contributed by atoms with Gasteiger partial charge in [0.05, 0.1) is 19.6 Å². The largest absolute Gasteiger partial charge is 0.469 e. The molecule has 0 spiro atoms. The fraction of sp³-hybridized carbons (Fsp3) is 0.647. The lowest BCUT2D eigenvalue weighted by molar-refractivity contribution is -0.146. The summed E-state index contributed by atoms with van der Waals surface area (Å²) in [5, 5.41) is 5.94. The Balaban J connectivity index is 1.87. The number of rotatable bonds is 6. The molecule has 1 aromatic rings. The molecule has 1 saturated heterocycles. The predicted molar refractivity (Wildman–Crippen MR) is 97.8 cm³/mol. The Labute approximate surface area is 161 Å². The van der Waals surface area contributed by atoms with Crippen LogP contribution in [0.3, 0.4) is 0 Å². The van der Waals surface area contributed by atoms with Crippen LogP contribution in [0.5, 0.6) is 0 Å². The summed E-state index contributed by atoms with van der Waals surface area (Å²) in [7, 11) is 1.39. The average Bonchev–Trinajstić information content (AvgIpc) is 2.69. The molecule has 0 saturated carbocycles. The Morgan fingerprint density at radius 3 is 2.71 bits per heavy atom. The van der Waals surface area contributed by atoms with Crippen LogP contribution in [0, 0.1) is 5.92 Å². The van der Waals surface area contributed by atoms with Crippen LogP contribution >= 0.6 is 0 Å². The number of methoxy groups -OCH3 is 1. The molecule has 8 nitrogen and oxygen atoms in total. The third-order valence-corrected chi connectivity index (χ3v) is 4.27. The van der Waals surface area contributed by atoms with Crippen LogP contribution in [-0.2, 0) is 15.7 Å². The van der Waals surface area contributed by atoms with Crippen LogP contribution in [0.15, 0.2) is 17.3 Å². The number of nitrogens with one attached hydrogen (secondary N) is 2. The highest BCUT2D eigenvalue weighted by Crippen LogP contribution is 2.27. The van der Waals surface area contributed by atoms with E-state index in [4.69, 9.17) is 4.74 Å². The van der Waals surface area contributed by atoms with E-state index in [0.29, 0.717) is 45.0 Å².